The first-order valence-electron chi connectivity index (χ1n) is 4.76. The van der Waals surface area contributed by atoms with E-state index < -0.39 is 0 Å². The fraction of sp³-hybridized carbons (Fsp3) is 0.500. The van der Waals surface area contributed by atoms with Gasteiger partial charge in [-0.1, -0.05) is 42.9 Å². The molecule has 0 saturated heterocycles. The van der Waals surface area contributed by atoms with E-state index in [1.54, 1.807) is 0 Å². The summed E-state index contributed by atoms with van der Waals surface area (Å²) in [6, 6.07) is 0. The van der Waals surface area contributed by atoms with Crippen LogP contribution in [0.15, 0.2) is 36.0 Å². The second-order valence-electron chi connectivity index (χ2n) is 3.63. The van der Waals surface area contributed by atoms with Crippen molar-refractivity contribution < 1.29 is 0 Å². The van der Waals surface area contributed by atoms with Crippen LogP contribution in [0.3, 0.4) is 0 Å². The second-order valence-corrected chi connectivity index (χ2v) is 3.63. The van der Waals surface area contributed by atoms with Gasteiger partial charge in [-0.3, -0.25) is 0 Å². The maximum Gasteiger partial charge on any atom is -0.0227 e. The minimum Gasteiger partial charge on any atom is -0.0961 e. The molecule has 1 aliphatic rings. The lowest BCUT2D eigenvalue weighted by molar-refractivity contribution is 0.611. The standard InChI is InChI=1S/C12H18/c1-4-11-7-8-12(9-11)6-5-10(2)3/h5-6,9,11H,2,4,7-8H2,1,3H3/b6-5-/t11-/m0/s1. The summed E-state index contributed by atoms with van der Waals surface area (Å²) in [6.07, 6.45) is 10.6. The van der Waals surface area contributed by atoms with Gasteiger partial charge in [-0.05, 0) is 32.1 Å². The molecule has 0 aromatic heterocycles. The molecule has 0 heterocycles. The van der Waals surface area contributed by atoms with Crippen LogP contribution in [0.4, 0.5) is 0 Å². The Morgan fingerprint density at radius 3 is 3.00 bits per heavy atom. The first-order valence-corrected chi connectivity index (χ1v) is 4.76. The maximum absolute atomic E-state index is 3.84. The summed E-state index contributed by atoms with van der Waals surface area (Å²) in [5.74, 6) is 0.828. The highest BCUT2D eigenvalue weighted by Gasteiger charge is 2.11. The Morgan fingerprint density at radius 2 is 2.50 bits per heavy atom. The maximum atomic E-state index is 3.84. The summed E-state index contributed by atoms with van der Waals surface area (Å²) in [5, 5.41) is 0. The lowest BCUT2D eigenvalue weighted by Gasteiger charge is -1.97. The third-order valence-corrected chi connectivity index (χ3v) is 2.36. The normalized spacial score (nSPS) is 23.2. The summed E-state index contributed by atoms with van der Waals surface area (Å²) in [7, 11) is 0. The summed E-state index contributed by atoms with van der Waals surface area (Å²) in [4.78, 5) is 0. The third-order valence-electron chi connectivity index (χ3n) is 2.36. The molecule has 0 aliphatic heterocycles. The molecule has 0 bridgehead atoms. The van der Waals surface area contributed by atoms with Gasteiger partial charge in [-0.15, -0.1) is 0 Å². The first kappa shape index (κ1) is 9.31. The van der Waals surface area contributed by atoms with Crippen LogP contribution in [0, 0.1) is 5.92 Å². The second kappa shape index (κ2) is 4.30. The molecule has 0 nitrogen and oxygen atoms in total. The fourth-order valence-electron chi connectivity index (χ4n) is 1.53. The van der Waals surface area contributed by atoms with Crippen LogP contribution in [0.1, 0.15) is 33.1 Å². The predicted molar refractivity (Wildman–Crippen MR) is 55.1 cm³/mol. The Kier molecular flexibility index (Phi) is 3.33. The van der Waals surface area contributed by atoms with Gasteiger partial charge in [0.25, 0.3) is 0 Å². The van der Waals surface area contributed by atoms with Crippen LogP contribution in [0.5, 0.6) is 0 Å². The molecular weight excluding hydrogens is 144 g/mol. The van der Waals surface area contributed by atoms with Crippen molar-refractivity contribution in [3.8, 4) is 0 Å². The minimum absolute atomic E-state index is 0.828. The lowest BCUT2D eigenvalue weighted by atomic mass is 10.1. The lowest BCUT2D eigenvalue weighted by Crippen LogP contribution is -1.84. The van der Waals surface area contributed by atoms with Crippen molar-refractivity contribution >= 4 is 0 Å². The zero-order valence-electron chi connectivity index (χ0n) is 8.14. The number of hydrogen-bond donors (Lipinski definition) is 0. The first-order chi connectivity index (χ1) is 5.72. The van der Waals surface area contributed by atoms with E-state index in [1.165, 1.54) is 24.8 Å². The average molecular weight is 162 g/mol. The summed E-state index contributed by atoms with van der Waals surface area (Å²) in [6.45, 7) is 8.13. The molecule has 1 atom stereocenters. The van der Waals surface area contributed by atoms with Gasteiger partial charge in [0.2, 0.25) is 0 Å². The van der Waals surface area contributed by atoms with E-state index in [-0.39, 0.29) is 0 Å². The Balaban J connectivity index is 2.49. The molecule has 0 heteroatoms. The largest absolute Gasteiger partial charge is 0.0961 e. The molecule has 0 unspecified atom stereocenters. The van der Waals surface area contributed by atoms with Crippen LogP contribution in [0.25, 0.3) is 0 Å². The smallest absolute Gasteiger partial charge is 0.0227 e. The molecule has 0 aromatic carbocycles. The van der Waals surface area contributed by atoms with E-state index in [0.29, 0.717) is 0 Å². The summed E-state index contributed by atoms with van der Waals surface area (Å²) >= 11 is 0. The monoisotopic (exact) mass is 162 g/mol. The molecule has 0 radical (unpaired) electrons. The highest BCUT2D eigenvalue weighted by atomic mass is 14.2. The van der Waals surface area contributed by atoms with Gasteiger partial charge in [0, 0.05) is 0 Å². The quantitative estimate of drug-likeness (QED) is 0.553. The van der Waals surface area contributed by atoms with E-state index >= 15 is 0 Å². The van der Waals surface area contributed by atoms with E-state index in [4.69, 9.17) is 0 Å². The SMILES string of the molecule is C=C(C)/C=C\C1=C[C@@H](CC)CC1. The van der Waals surface area contributed by atoms with Gasteiger partial charge >= 0.3 is 0 Å². The number of hydrogen-bond acceptors (Lipinski definition) is 0. The zero-order valence-corrected chi connectivity index (χ0v) is 8.14. The van der Waals surface area contributed by atoms with E-state index in [9.17, 15) is 0 Å². The highest BCUT2D eigenvalue weighted by molar-refractivity contribution is 5.28. The van der Waals surface area contributed by atoms with Crippen molar-refractivity contribution in [3.63, 3.8) is 0 Å². The molecule has 1 aliphatic carbocycles. The van der Waals surface area contributed by atoms with Gasteiger partial charge in [-0.2, -0.15) is 0 Å². The van der Waals surface area contributed by atoms with Crippen molar-refractivity contribution in [2.75, 3.05) is 0 Å². The molecule has 1 rings (SSSR count). The van der Waals surface area contributed by atoms with Crippen molar-refractivity contribution in [1.29, 1.82) is 0 Å². The van der Waals surface area contributed by atoms with Crippen molar-refractivity contribution in [3.05, 3.63) is 36.0 Å². The molecule has 0 saturated carbocycles. The van der Waals surface area contributed by atoms with E-state index in [1.807, 2.05) is 6.92 Å². The van der Waals surface area contributed by atoms with Gasteiger partial charge in [0.05, 0.1) is 0 Å². The Hall–Kier alpha value is -0.780. The predicted octanol–water partition coefficient (Wildman–Crippen LogP) is 3.87. The Labute approximate surface area is 75.7 Å². The van der Waals surface area contributed by atoms with Gasteiger partial charge in [-0.25, -0.2) is 0 Å². The molecule has 66 valence electrons. The number of allylic oxidation sites excluding steroid dienone is 5. The number of rotatable bonds is 3. The van der Waals surface area contributed by atoms with Gasteiger partial charge in [0.15, 0.2) is 0 Å². The van der Waals surface area contributed by atoms with Crippen LogP contribution < -0.4 is 0 Å². The minimum atomic E-state index is 0.828. The molecule has 0 N–H and O–H groups in total. The molecule has 12 heavy (non-hydrogen) atoms. The Morgan fingerprint density at radius 1 is 1.75 bits per heavy atom. The van der Waals surface area contributed by atoms with E-state index in [2.05, 4.69) is 31.7 Å². The van der Waals surface area contributed by atoms with Gasteiger partial charge in [0.1, 0.15) is 0 Å². The molecule has 0 fully saturated rings. The third kappa shape index (κ3) is 2.69. The van der Waals surface area contributed by atoms with Crippen LogP contribution in [0.2, 0.25) is 0 Å². The summed E-state index contributed by atoms with van der Waals surface area (Å²) in [5.41, 5.74) is 2.63. The molecule has 0 spiro atoms. The molecular formula is C12H18. The van der Waals surface area contributed by atoms with E-state index in [0.717, 1.165) is 11.5 Å². The molecule has 0 aromatic rings. The van der Waals surface area contributed by atoms with Gasteiger partial charge < -0.3 is 0 Å². The highest BCUT2D eigenvalue weighted by Crippen LogP contribution is 2.27. The Bertz CT molecular complexity index is 218. The molecule has 0 amide bonds. The zero-order chi connectivity index (χ0) is 8.97. The van der Waals surface area contributed by atoms with Crippen LogP contribution in [-0.4, -0.2) is 0 Å². The average Bonchev–Trinajstić information content (AvgIpc) is 2.48. The topological polar surface area (TPSA) is 0 Å². The van der Waals surface area contributed by atoms with Crippen LogP contribution >= 0.6 is 0 Å². The van der Waals surface area contributed by atoms with Crippen LogP contribution in [-0.2, 0) is 0 Å². The van der Waals surface area contributed by atoms with Crippen molar-refractivity contribution in [2.24, 2.45) is 5.92 Å². The van der Waals surface area contributed by atoms with Crippen molar-refractivity contribution in [1.82, 2.24) is 0 Å². The van der Waals surface area contributed by atoms with Crippen molar-refractivity contribution in [2.45, 2.75) is 33.1 Å². The summed E-state index contributed by atoms with van der Waals surface area (Å²) < 4.78 is 0. The fourth-order valence-corrected chi connectivity index (χ4v) is 1.53.